The highest BCUT2D eigenvalue weighted by Gasteiger charge is 2.10. The first-order valence-electron chi connectivity index (χ1n) is 7.37. The number of rotatable bonds is 5. The van der Waals surface area contributed by atoms with Crippen molar-refractivity contribution in [2.24, 2.45) is 0 Å². The Morgan fingerprint density at radius 3 is 2.54 bits per heavy atom. The minimum Gasteiger partial charge on any atom is -0.469 e. The molecule has 0 saturated carbocycles. The van der Waals surface area contributed by atoms with Crippen molar-refractivity contribution in [3.8, 4) is 5.88 Å². The molecular weight excluding hydrogens is 306 g/mol. The number of anilines is 1. The molecule has 0 fully saturated rings. The van der Waals surface area contributed by atoms with Gasteiger partial charge in [0.2, 0.25) is 11.8 Å². The van der Waals surface area contributed by atoms with Crippen molar-refractivity contribution in [2.45, 2.75) is 6.92 Å². The summed E-state index contributed by atoms with van der Waals surface area (Å²) in [6, 6.07) is 14.1. The number of nitrogens with one attached hydrogen (secondary N) is 1. The standard InChI is InChI=1S/C18H15N3O3/c1-12(22)21-14-8-6-13(7-9-14)17(23)10-24-18-15-4-2-3-5-16(15)19-11-20-18/h2-9,11H,10H2,1H3,(H,21,22). The van der Waals surface area contributed by atoms with Crippen molar-refractivity contribution in [3.63, 3.8) is 0 Å². The Labute approximate surface area is 138 Å². The number of hydrogen-bond acceptors (Lipinski definition) is 5. The predicted molar refractivity (Wildman–Crippen MR) is 90.1 cm³/mol. The number of benzene rings is 2. The third-order valence-corrected chi connectivity index (χ3v) is 3.37. The lowest BCUT2D eigenvalue weighted by Gasteiger charge is -2.08. The zero-order chi connectivity index (χ0) is 16.9. The number of ether oxygens (including phenoxy) is 1. The van der Waals surface area contributed by atoms with E-state index in [2.05, 4.69) is 15.3 Å². The van der Waals surface area contributed by atoms with Gasteiger partial charge in [0.05, 0.1) is 10.9 Å². The average molecular weight is 321 g/mol. The third-order valence-electron chi connectivity index (χ3n) is 3.37. The van der Waals surface area contributed by atoms with E-state index in [9.17, 15) is 9.59 Å². The van der Waals surface area contributed by atoms with Crippen molar-refractivity contribution >= 4 is 28.3 Å². The van der Waals surface area contributed by atoms with Gasteiger partial charge in [-0.05, 0) is 36.4 Å². The van der Waals surface area contributed by atoms with Gasteiger partial charge in [0.15, 0.2) is 12.4 Å². The highest BCUT2D eigenvalue weighted by molar-refractivity contribution is 5.98. The normalized spacial score (nSPS) is 10.4. The smallest absolute Gasteiger partial charge is 0.224 e. The van der Waals surface area contributed by atoms with Gasteiger partial charge in [0.25, 0.3) is 0 Å². The molecule has 0 saturated heterocycles. The molecule has 0 aliphatic carbocycles. The average Bonchev–Trinajstić information content (AvgIpc) is 2.59. The second kappa shape index (κ2) is 6.87. The fourth-order valence-electron chi connectivity index (χ4n) is 2.26. The Morgan fingerprint density at radius 1 is 1.04 bits per heavy atom. The molecule has 24 heavy (non-hydrogen) atoms. The van der Waals surface area contributed by atoms with Gasteiger partial charge >= 0.3 is 0 Å². The first-order chi connectivity index (χ1) is 11.6. The van der Waals surface area contributed by atoms with Gasteiger partial charge in [-0.25, -0.2) is 9.97 Å². The van der Waals surface area contributed by atoms with Gasteiger partial charge in [-0.15, -0.1) is 0 Å². The fourth-order valence-corrected chi connectivity index (χ4v) is 2.26. The molecule has 1 aromatic heterocycles. The summed E-state index contributed by atoms with van der Waals surface area (Å²) in [5.41, 5.74) is 1.90. The monoisotopic (exact) mass is 321 g/mol. The summed E-state index contributed by atoms with van der Waals surface area (Å²) in [6.07, 6.45) is 1.41. The Balaban J connectivity index is 1.69. The van der Waals surface area contributed by atoms with Crippen LogP contribution in [0.3, 0.4) is 0 Å². The van der Waals surface area contributed by atoms with Crippen molar-refractivity contribution < 1.29 is 14.3 Å². The molecule has 1 amide bonds. The van der Waals surface area contributed by atoms with E-state index >= 15 is 0 Å². The van der Waals surface area contributed by atoms with E-state index in [1.54, 1.807) is 24.3 Å². The topological polar surface area (TPSA) is 81.2 Å². The largest absolute Gasteiger partial charge is 0.469 e. The summed E-state index contributed by atoms with van der Waals surface area (Å²) < 4.78 is 5.56. The van der Waals surface area contributed by atoms with Gasteiger partial charge in [0.1, 0.15) is 6.33 Å². The van der Waals surface area contributed by atoms with Crippen LogP contribution in [0.5, 0.6) is 5.88 Å². The molecule has 1 N–H and O–H groups in total. The number of carbonyl (C=O) groups is 2. The summed E-state index contributed by atoms with van der Waals surface area (Å²) in [7, 11) is 0. The number of aromatic nitrogens is 2. The quantitative estimate of drug-likeness (QED) is 0.731. The number of ketones is 1. The van der Waals surface area contributed by atoms with Crippen LogP contribution in [0, 0.1) is 0 Å². The molecule has 120 valence electrons. The summed E-state index contributed by atoms with van der Waals surface area (Å²) in [4.78, 5) is 31.5. The number of Topliss-reactive ketones (excluding diaryl/α,β-unsaturated/α-hetero) is 1. The summed E-state index contributed by atoms with van der Waals surface area (Å²) >= 11 is 0. The zero-order valence-corrected chi connectivity index (χ0v) is 13.0. The lowest BCUT2D eigenvalue weighted by Crippen LogP contribution is -2.13. The Morgan fingerprint density at radius 2 is 1.79 bits per heavy atom. The Kier molecular flexibility index (Phi) is 4.47. The summed E-state index contributed by atoms with van der Waals surface area (Å²) in [5.74, 6) is 0.0453. The lowest BCUT2D eigenvalue weighted by atomic mass is 10.1. The van der Waals surface area contributed by atoms with Gasteiger partial charge in [-0.3, -0.25) is 9.59 Å². The molecule has 3 aromatic rings. The van der Waals surface area contributed by atoms with E-state index in [-0.39, 0.29) is 18.3 Å². The molecule has 0 atom stereocenters. The number of para-hydroxylation sites is 1. The first kappa shape index (κ1) is 15.6. The van der Waals surface area contributed by atoms with Gasteiger partial charge in [-0.2, -0.15) is 0 Å². The first-order valence-corrected chi connectivity index (χ1v) is 7.37. The van der Waals surface area contributed by atoms with Crippen LogP contribution in [0.25, 0.3) is 10.9 Å². The number of fused-ring (bicyclic) bond motifs is 1. The molecule has 0 bridgehead atoms. The SMILES string of the molecule is CC(=O)Nc1ccc(C(=O)COc2ncnc3ccccc23)cc1. The highest BCUT2D eigenvalue weighted by Crippen LogP contribution is 2.20. The van der Waals surface area contributed by atoms with E-state index in [0.29, 0.717) is 17.1 Å². The minimum absolute atomic E-state index is 0.125. The molecule has 3 rings (SSSR count). The van der Waals surface area contributed by atoms with Gasteiger partial charge in [0, 0.05) is 18.2 Å². The van der Waals surface area contributed by atoms with Crippen LogP contribution < -0.4 is 10.1 Å². The van der Waals surface area contributed by atoms with E-state index in [0.717, 1.165) is 10.9 Å². The molecule has 0 spiro atoms. The maximum absolute atomic E-state index is 12.2. The van der Waals surface area contributed by atoms with E-state index < -0.39 is 0 Å². The number of nitrogens with zero attached hydrogens (tertiary/aromatic N) is 2. The molecule has 2 aromatic carbocycles. The fraction of sp³-hybridized carbons (Fsp3) is 0.111. The van der Waals surface area contributed by atoms with Gasteiger partial charge in [-0.1, -0.05) is 12.1 Å². The number of carbonyl (C=O) groups excluding carboxylic acids is 2. The van der Waals surface area contributed by atoms with E-state index in [1.165, 1.54) is 13.3 Å². The van der Waals surface area contributed by atoms with Crippen LogP contribution in [0.15, 0.2) is 54.9 Å². The van der Waals surface area contributed by atoms with Crippen molar-refractivity contribution in [3.05, 3.63) is 60.4 Å². The Bertz CT molecular complexity index is 886. The zero-order valence-electron chi connectivity index (χ0n) is 13.0. The van der Waals surface area contributed by atoms with Crippen LogP contribution in [-0.2, 0) is 4.79 Å². The molecule has 6 nitrogen and oxygen atoms in total. The highest BCUT2D eigenvalue weighted by atomic mass is 16.5. The van der Waals surface area contributed by atoms with Crippen LogP contribution in [0.2, 0.25) is 0 Å². The number of hydrogen-bond donors (Lipinski definition) is 1. The molecular formula is C18H15N3O3. The van der Waals surface area contributed by atoms with Crippen LogP contribution >= 0.6 is 0 Å². The van der Waals surface area contributed by atoms with Crippen LogP contribution in [-0.4, -0.2) is 28.3 Å². The molecule has 0 aliphatic heterocycles. The minimum atomic E-state index is -0.174. The molecule has 0 unspecified atom stereocenters. The summed E-state index contributed by atoms with van der Waals surface area (Å²) in [6.45, 7) is 1.30. The summed E-state index contributed by atoms with van der Waals surface area (Å²) in [5, 5.41) is 3.41. The third kappa shape index (κ3) is 3.55. The van der Waals surface area contributed by atoms with Gasteiger partial charge < -0.3 is 10.1 Å². The number of amides is 1. The second-order valence-electron chi connectivity index (χ2n) is 5.17. The van der Waals surface area contributed by atoms with E-state index in [1.807, 2.05) is 24.3 Å². The van der Waals surface area contributed by atoms with Crippen LogP contribution in [0.4, 0.5) is 5.69 Å². The van der Waals surface area contributed by atoms with Crippen molar-refractivity contribution in [2.75, 3.05) is 11.9 Å². The Hall–Kier alpha value is -3.28. The molecule has 0 radical (unpaired) electrons. The van der Waals surface area contributed by atoms with E-state index in [4.69, 9.17) is 4.74 Å². The predicted octanol–water partition coefficient (Wildman–Crippen LogP) is 2.85. The maximum Gasteiger partial charge on any atom is 0.224 e. The molecule has 1 heterocycles. The van der Waals surface area contributed by atoms with Crippen molar-refractivity contribution in [1.29, 1.82) is 0 Å². The molecule has 0 aliphatic rings. The van der Waals surface area contributed by atoms with Crippen LogP contribution in [0.1, 0.15) is 17.3 Å². The lowest BCUT2D eigenvalue weighted by molar-refractivity contribution is -0.114. The maximum atomic E-state index is 12.2. The molecule has 6 heteroatoms. The van der Waals surface area contributed by atoms with Crippen molar-refractivity contribution in [1.82, 2.24) is 9.97 Å². The second-order valence-corrected chi connectivity index (χ2v) is 5.17.